The molecule has 156 valence electrons. The number of thioether (sulfide) groups is 1. The first-order valence-corrected chi connectivity index (χ1v) is 10.8. The van der Waals surface area contributed by atoms with Gasteiger partial charge in [0.1, 0.15) is 0 Å². The number of aromatic nitrogens is 2. The number of ether oxygens (including phenoxy) is 1. The number of likely N-dealkylation sites (tertiary alicyclic amines) is 1. The van der Waals surface area contributed by atoms with E-state index in [1.165, 1.54) is 23.4 Å². The Kier molecular flexibility index (Phi) is 6.95. The van der Waals surface area contributed by atoms with Gasteiger partial charge in [-0.25, -0.2) is 4.98 Å². The lowest BCUT2D eigenvalue weighted by molar-refractivity contribution is -0.141. The molecule has 0 saturated carbocycles. The second-order valence-corrected chi connectivity index (χ2v) is 8.67. The molecule has 2 aromatic rings. The minimum absolute atomic E-state index is 0.0512. The molecule has 0 spiro atoms. The van der Waals surface area contributed by atoms with Crippen LogP contribution in [0.3, 0.4) is 0 Å². The molecule has 1 aromatic carbocycles. The molecule has 0 radical (unpaired) electrons. The summed E-state index contributed by atoms with van der Waals surface area (Å²) < 4.78 is 6.17. The minimum Gasteiger partial charge on any atom is -0.469 e. The summed E-state index contributed by atoms with van der Waals surface area (Å²) in [6.07, 6.45) is 1.20. The van der Waals surface area contributed by atoms with E-state index in [1.54, 1.807) is 18.2 Å². The highest BCUT2D eigenvalue weighted by atomic mass is 32.2. The van der Waals surface area contributed by atoms with Gasteiger partial charge in [-0.1, -0.05) is 37.7 Å². The molecule has 0 unspecified atom stereocenters. The molecule has 1 amide bonds. The molecule has 0 bridgehead atoms. The maximum absolute atomic E-state index is 12.9. The Morgan fingerprint density at radius 3 is 2.59 bits per heavy atom. The van der Waals surface area contributed by atoms with E-state index in [1.807, 2.05) is 11.0 Å². The number of carbonyl (C=O) groups excluding carboxylic acids is 2. The molecule has 1 aliphatic rings. The van der Waals surface area contributed by atoms with E-state index in [2.05, 4.69) is 18.8 Å². The number of carbonyl (C=O) groups is 2. The number of hydrogen-bond donors (Lipinski definition) is 0. The summed E-state index contributed by atoms with van der Waals surface area (Å²) in [5.74, 6) is 0.848. The highest BCUT2D eigenvalue weighted by molar-refractivity contribution is 7.99. The number of piperidine rings is 1. The molecule has 29 heavy (non-hydrogen) atoms. The molecule has 7 nitrogen and oxygen atoms in total. The smallest absolute Gasteiger partial charge is 0.307 e. The van der Waals surface area contributed by atoms with Crippen LogP contribution in [0.4, 0.5) is 0 Å². The number of fused-ring (bicyclic) bond motifs is 1. The zero-order chi connectivity index (χ0) is 21.0. The van der Waals surface area contributed by atoms with Crippen LogP contribution in [0, 0.1) is 11.8 Å². The van der Waals surface area contributed by atoms with Gasteiger partial charge in [-0.2, -0.15) is 0 Å². The number of benzene rings is 1. The van der Waals surface area contributed by atoms with Crippen molar-refractivity contribution in [2.75, 3.05) is 26.0 Å². The van der Waals surface area contributed by atoms with Crippen LogP contribution in [0.5, 0.6) is 0 Å². The van der Waals surface area contributed by atoms with Crippen LogP contribution in [-0.4, -0.2) is 52.3 Å². The minimum atomic E-state index is -0.395. The van der Waals surface area contributed by atoms with Crippen molar-refractivity contribution < 1.29 is 14.3 Å². The van der Waals surface area contributed by atoms with Crippen LogP contribution in [0.15, 0.2) is 34.2 Å². The maximum atomic E-state index is 12.9. The Morgan fingerprint density at radius 2 is 1.90 bits per heavy atom. The van der Waals surface area contributed by atoms with E-state index >= 15 is 0 Å². The van der Waals surface area contributed by atoms with Crippen molar-refractivity contribution in [3.63, 3.8) is 0 Å². The van der Waals surface area contributed by atoms with Gasteiger partial charge in [-0.15, -0.1) is 0 Å². The lowest BCUT2D eigenvalue weighted by atomic mass is 9.92. The summed E-state index contributed by atoms with van der Waals surface area (Å²) in [4.78, 5) is 43.8. The predicted molar refractivity (Wildman–Crippen MR) is 113 cm³/mol. The number of esters is 1. The average Bonchev–Trinajstić information content (AvgIpc) is 2.70. The Labute approximate surface area is 174 Å². The lowest BCUT2D eigenvalue weighted by Crippen LogP contribution is -2.43. The molecule has 8 heteroatoms. The standard InChI is InChI=1S/C21H27N3O4S/c1-14-10-15(2)12-23(11-14)18(25)13-29-21-22-17-7-5-4-6-16(17)20(27)24(21)9-8-19(26)28-3/h4-7,14-15H,8-13H2,1-3H3/t14-,15+. The normalized spacial score (nSPS) is 19.3. The Morgan fingerprint density at radius 1 is 1.21 bits per heavy atom. The van der Waals surface area contributed by atoms with Gasteiger partial charge in [0, 0.05) is 19.6 Å². The number of methoxy groups -OCH3 is 1. The number of rotatable bonds is 6. The number of nitrogens with zero attached hydrogens (tertiary/aromatic N) is 3. The number of hydrogen-bond acceptors (Lipinski definition) is 6. The van der Waals surface area contributed by atoms with Crippen molar-refractivity contribution in [1.29, 1.82) is 0 Å². The third-order valence-corrected chi connectivity index (χ3v) is 6.10. The second-order valence-electron chi connectivity index (χ2n) is 7.73. The van der Waals surface area contributed by atoms with E-state index in [0.717, 1.165) is 19.5 Å². The third-order valence-electron chi connectivity index (χ3n) is 5.14. The van der Waals surface area contributed by atoms with Gasteiger partial charge in [0.15, 0.2) is 5.16 Å². The molecule has 3 rings (SSSR count). The Balaban J connectivity index is 1.82. The average molecular weight is 418 g/mol. The van der Waals surface area contributed by atoms with Crippen LogP contribution in [0.25, 0.3) is 10.9 Å². The van der Waals surface area contributed by atoms with Crippen LogP contribution in [0.1, 0.15) is 26.7 Å². The van der Waals surface area contributed by atoms with Crippen molar-refractivity contribution in [1.82, 2.24) is 14.5 Å². The van der Waals surface area contributed by atoms with E-state index in [9.17, 15) is 14.4 Å². The number of amides is 1. The highest BCUT2D eigenvalue weighted by Gasteiger charge is 2.25. The molecular weight excluding hydrogens is 390 g/mol. The molecule has 2 heterocycles. The van der Waals surface area contributed by atoms with Crippen LogP contribution in [0.2, 0.25) is 0 Å². The monoisotopic (exact) mass is 417 g/mol. The predicted octanol–water partition coefficient (Wildman–Crippen LogP) is 2.56. The first-order chi connectivity index (χ1) is 13.9. The summed E-state index contributed by atoms with van der Waals surface area (Å²) in [6.45, 7) is 6.03. The van der Waals surface area contributed by atoms with Crippen LogP contribution < -0.4 is 5.56 Å². The first kappa shape index (κ1) is 21.4. The fraction of sp³-hybridized carbons (Fsp3) is 0.524. The van der Waals surface area contributed by atoms with Gasteiger partial charge >= 0.3 is 5.97 Å². The lowest BCUT2D eigenvalue weighted by Gasteiger charge is -2.35. The van der Waals surface area contributed by atoms with Gasteiger partial charge in [0.25, 0.3) is 5.56 Å². The summed E-state index contributed by atoms with van der Waals surface area (Å²) in [5.41, 5.74) is 0.372. The molecular formula is C21H27N3O4S. The SMILES string of the molecule is COC(=O)CCn1c(SCC(=O)N2C[C@H](C)C[C@H](C)C2)nc2ccccc2c1=O. The maximum Gasteiger partial charge on any atom is 0.307 e. The molecule has 2 atom stereocenters. The fourth-order valence-corrected chi connectivity index (χ4v) is 4.77. The largest absolute Gasteiger partial charge is 0.469 e. The summed E-state index contributed by atoms with van der Waals surface area (Å²) >= 11 is 1.25. The second kappa shape index (κ2) is 9.43. The fourth-order valence-electron chi connectivity index (χ4n) is 3.84. The van der Waals surface area contributed by atoms with Crippen molar-refractivity contribution >= 4 is 34.5 Å². The molecule has 1 aliphatic heterocycles. The quantitative estimate of drug-likeness (QED) is 0.408. The number of para-hydroxylation sites is 1. The van der Waals surface area contributed by atoms with Crippen LogP contribution >= 0.6 is 11.8 Å². The molecule has 1 aromatic heterocycles. The van der Waals surface area contributed by atoms with E-state index in [0.29, 0.717) is 27.9 Å². The van der Waals surface area contributed by atoms with Gasteiger partial charge in [-0.05, 0) is 30.4 Å². The van der Waals surface area contributed by atoms with E-state index in [4.69, 9.17) is 4.74 Å². The zero-order valence-corrected chi connectivity index (χ0v) is 17.9. The van der Waals surface area contributed by atoms with Crippen molar-refractivity contribution in [2.24, 2.45) is 11.8 Å². The van der Waals surface area contributed by atoms with Gasteiger partial charge in [0.2, 0.25) is 5.91 Å². The van der Waals surface area contributed by atoms with Gasteiger partial charge in [-0.3, -0.25) is 19.0 Å². The van der Waals surface area contributed by atoms with Crippen molar-refractivity contribution in [3.8, 4) is 0 Å². The molecule has 0 aliphatic carbocycles. The van der Waals surface area contributed by atoms with Crippen LogP contribution in [-0.2, 0) is 20.9 Å². The Bertz CT molecular complexity index is 949. The van der Waals surface area contributed by atoms with E-state index in [-0.39, 0.29) is 30.2 Å². The molecule has 0 N–H and O–H groups in total. The summed E-state index contributed by atoms with van der Waals surface area (Å²) in [6, 6.07) is 7.10. The molecule has 1 fully saturated rings. The summed E-state index contributed by atoms with van der Waals surface area (Å²) in [5, 5.41) is 0.941. The van der Waals surface area contributed by atoms with Gasteiger partial charge in [0.05, 0.1) is 30.2 Å². The molecule has 1 saturated heterocycles. The van der Waals surface area contributed by atoms with Crippen molar-refractivity contribution in [2.45, 2.75) is 38.4 Å². The summed E-state index contributed by atoms with van der Waals surface area (Å²) in [7, 11) is 1.32. The van der Waals surface area contributed by atoms with Crippen molar-refractivity contribution in [3.05, 3.63) is 34.6 Å². The first-order valence-electron chi connectivity index (χ1n) is 9.86. The van der Waals surface area contributed by atoms with Gasteiger partial charge < -0.3 is 9.64 Å². The van der Waals surface area contributed by atoms with E-state index < -0.39 is 5.97 Å². The third kappa shape index (κ3) is 5.18. The highest BCUT2D eigenvalue weighted by Crippen LogP contribution is 2.23. The topological polar surface area (TPSA) is 81.5 Å². The Hall–Kier alpha value is -2.35. The zero-order valence-electron chi connectivity index (χ0n) is 17.1.